The number of aryl methyl sites for hydroxylation is 1. The molecule has 5 N–H and O–H groups in total. The molecule has 11 heteroatoms. The molecule has 10 nitrogen and oxygen atoms in total. The van der Waals surface area contributed by atoms with Gasteiger partial charge in [0.15, 0.2) is 11.7 Å². The van der Waals surface area contributed by atoms with Crippen molar-refractivity contribution in [1.82, 2.24) is 9.55 Å². The summed E-state index contributed by atoms with van der Waals surface area (Å²) in [4.78, 5) is 15.2. The van der Waals surface area contributed by atoms with Crippen LogP contribution in [0.5, 0.6) is 0 Å². The van der Waals surface area contributed by atoms with E-state index in [1.807, 2.05) is 0 Å². The number of anilines is 1. The van der Waals surface area contributed by atoms with E-state index in [9.17, 15) is 28.5 Å². The summed E-state index contributed by atoms with van der Waals surface area (Å²) in [7, 11) is -4.28. The second-order valence-electron chi connectivity index (χ2n) is 6.26. The summed E-state index contributed by atoms with van der Waals surface area (Å²) < 4.78 is 31.4. The third-order valence-corrected chi connectivity index (χ3v) is 6.18. The quantitative estimate of drug-likeness (QED) is 0.483. The first-order valence-corrected chi connectivity index (χ1v) is 9.52. The highest BCUT2D eigenvalue weighted by Gasteiger charge is 2.50. The fraction of sp³-hybridized carbons (Fsp3) is 0.375. The van der Waals surface area contributed by atoms with Crippen LogP contribution in [-0.4, -0.2) is 57.0 Å². The highest BCUT2D eigenvalue weighted by Crippen LogP contribution is 2.33. The van der Waals surface area contributed by atoms with Crippen LogP contribution in [0.2, 0.25) is 0 Å². The molecular formula is C16H19N3O7S. The molecule has 1 unspecified atom stereocenters. The van der Waals surface area contributed by atoms with E-state index < -0.39 is 45.5 Å². The van der Waals surface area contributed by atoms with Crippen molar-refractivity contribution in [3.05, 3.63) is 52.6 Å². The summed E-state index contributed by atoms with van der Waals surface area (Å²) in [5, 5.41) is 30.8. The molecule has 1 fully saturated rings. The lowest BCUT2D eigenvalue weighted by molar-refractivity contribution is -0.0648. The van der Waals surface area contributed by atoms with Gasteiger partial charge in [-0.15, -0.1) is 0 Å². The monoisotopic (exact) mass is 397 g/mol. The summed E-state index contributed by atoms with van der Waals surface area (Å²) in [5.41, 5.74) is 3.21. The van der Waals surface area contributed by atoms with Gasteiger partial charge in [-0.3, -0.25) is 4.57 Å². The van der Waals surface area contributed by atoms with Crippen molar-refractivity contribution in [3.63, 3.8) is 0 Å². The standard InChI is InChI=1S/C16H19N3O7S/c1-8-2-4-9(5-3-8)27(24,25)15(22)13-11(20)12(21)14(26-13)19-7-6-10(17)18-16(19)23/h2-7,11-15,20-22H,1H3,(H2,17,18,23)/t11-,12+,13-,14+,15?/m0/s1. The predicted octanol–water partition coefficient (Wildman–Crippen LogP) is -1.45. The van der Waals surface area contributed by atoms with Gasteiger partial charge in [-0.1, -0.05) is 17.7 Å². The van der Waals surface area contributed by atoms with Crippen LogP contribution in [-0.2, 0) is 14.6 Å². The first kappa shape index (κ1) is 19.5. The van der Waals surface area contributed by atoms with Crippen LogP contribution in [0.25, 0.3) is 0 Å². The van der Waals surface area contributed by atoms with E-state index in [0.717, 1.165) is 10.1 Å². The van der Waals surface area contributed by atoms with E-state index in [0.29, 0.717) is 0 Å². The van der Waals surface area contributed by atoms with Crippen LogP contribution in [0.4, 0.5) is 5.82 Å². The van der Waals surface area contributed by atoms with Gasteiger partial charge in [0.05, 0.1) is 4.90 Å². The Morgan fingerprint density at radius 2 is 1.81 bits per heavy atom. The lowest BCUT2D eigenvalue weighted by Crippen LogP contribution is -2.42. The maximum atomic E-state index is 12.6. The van der Waals surface area contributed by atoms with Crippen LogP contribution in [0, 0.1) is 6.92 Å². The molecule has 0 bridgehead atoms. The van der Waals surface area contributed by atoms with Crippen molar-refractivity contribution < 1.29 is 28.5 Å². The molecule has 1 aromatic heterocycles. The molecule has 0 aliphatic carbocycles. The van der Waals surface area contributed by atoms with Gasteiger partial charge in [0, 0.05) is 6.20 Å². The minimum absolute atomic E-state index is 0.0529. The second-order valence-corrected chi connectivity index (χ2v) is 8.31. The molecule has 27 heavy (non-hydrogen) atoms. The van der Waals surface area contributed by atoms with Crippen molar-refractivity contribution in [1.29, 1.82) is 0 Å². The summed E-state index contributed by atoms with van der Waals surface area (Å²) in [6.07, 6.45) is -5.35. The minimum Gasteiger partial charge on any atom is -0.387 e. The van der Waals surface area contributed by atoms with Gasteiger partial charge in [-0.05, 0) is 25.1 Å². The first-order valence-electron chi connectivity index (χ1n) is 7.98. The number of aliphatic hydroxyl groups excluding tert-OH is 3. The number of aliphatic hydroxyl groups is 3. The number of ether oxygens (including phenoxy) is 1. The molecule has 0 radical (unpaired) electrons. The summed E-state index contributed by atoms with van der Waals surface area (Å²) >= 11 is 0. The lowest BCUT2D eigenvalue weighted by Gasteiger charge is -2.21. The third-order valence-electron chi connectivity index (χ3n) is 4.35. The Morgan fingerprint density at radius 3 is 2.41 bits per heavy atom. The molecule has 0 spiro atoms. The van der Waals surface area contributed by atoms with Gasteiger partial charge in [-0.25, -0.2) is 13.2 Å². The Hall–Kier alpha value is -2.31. The van der Waals surface area contributed by atoms with E-state index >= 15 is 0 Å². The normalized spacial score (nSPS) is 26.8. The zero-order chi connectivity index (χ0) is 19.9. The predicted molar refractivity (Wildman–Crippen MR) is 93.2 cm³/mol. The van der Waals surface area contributed by atoms with Crippen LogP contribution in [0.3, 0.4) is 0 Å². The van der Waals surface area contributed by atoms with Crippen molar-refractivity contribution in [2.75, 3.05) is 5.73 Å². The number of nitrogens with two attached hydrogens (primary N) is 1. The van der Waals surface area contributed by atoms with Gasteiger partial charge in [0.2, 0.25) is 9.84 Å². The highest BCUT2D eigenvalue weighted by atomic mass is 32.2. The highest BCUT2D eigenvalue weighted by molar-refractivity contribution is 7.92. The molecule has 5 atom stereocenters. The molecule has 1 saturated heterocycles. The number of nitrogen functional groups attached to an aromatic ring is 1. The van der Waals surface area contributed by atoms with Crippen LogP contribution in [0.15, 0.2) is 46.2 Å². The van der Waals surface area contributed by atoms with Gasteiger partial charge >= 0.3 is 5.69 Å². The van der Waals surface area contributed by atoms with Crippen LogP contribution >= 0.6 is 0 Å². The van der Waals surface area contributed by atoms with Crippen molar-refractivity contribution >= 4 is 15.7 Å². The molecule has 146 valence electrons. The zero-order valence-corrected chi connectivity index (χ0v) is 15.0. The number of hydrogen-bond donors (Lipinski definition) is 4. The second kappa shape index (κ2) is 7.02. The fourth-order valence-corrected chi connectivity index (χ4v) is 4.19. The maximum Gasteiger partial charge on any atom is 0.351 e. The Balaban J connectivity index is 1.90. The van der Waals surface area contributed by atoms with E-state index in [1.54, 1.807) is 19.1 Å². The fourth-order valence-electron chi connectivity index (χ4n) is 2.81. The molecule has 1 aliphatic heterocycles. The Bertz CT molecular complexity index is 990. The largest absolute Gasteiger partial charge is 0.387 e. The molecule has 1 aliphatic rings. The average Bonchev–Trinajstić information content (AvgIpc) is 2.90. The Labute approximate surface area is 154 Å². The number of rotatable bonds is 4. The van der Waals surface area contributed by atoms with Gasteiger partial charge in [0.25, 0.3) is 0 Å². The lowest BCUT2D eigenvalue weighted by atomic mass is 10.1. The number of nitrogens with zero attached hydrogens (tertiary/aromatic N) is 2. The van der Waals surface area contributed by atoms with Crippen molar-refractivity contribution in [3.8, 4) is 0 Å². The zero-order valence-electron chi connectivity index (χ0n) is 14.2. The summed E-state index contributed by atoms with van der Waals surface area (Å²) in [5.74, 6) is -0.0529. The molecule has 3 rings (SSSR count). The molecule has 0 saturated carbocycles. The number of hydrogen-bond acceptors (Lipinski definition) is 9. The van der Waals surface area contributed by atoms with E-state index in [2.05, 4.69) is 4.98 Å². The SMILES string of the molecule is Cc1ccc(S(=O)(=O)C(O)[C@H]2O[C@@H](n3ccc(N)nc3=O)[C@H](O)[C@@H]2O)cc1. The van der Waals surface area contributed by atoms with E-state index in [4.69, 9.17) is 10.5 Å². The van der Waals surface area contributed by atoms with Gasteiger partial charge in [0.1, 0.15) is 24.1 Å². The van der Waals surface area contributed by atoms with E-state index in [-0.39, 0.29) is 10.7 Å². The van der Waals surface area contributed by atoms with Gasteiger partial charge in [-0.2, -0.15) is 4.98 Å². The summed E-state index contributed by atoms with van der Waals surface area (Å²) in [6, 6.07) is 7.03. The Kier molecular flexibility index (Phi) is 5.06. The Morgan fingerprint density at radius 1 is 1.19 bits per heavy atom. The molecule has 2 heterocycles. The molecule has 1 aromatic carbocycles. The van der Waals surface area contributed by atoms with Gasteiger partial charge < -0.3 is 25.8 Å². The number of aromatic nitrogens is 2. The smallest absolute Gasteiger partial charge is 0.351 e. The molecular weight excluding hydrogens is 378 g/mol. The van der Waals surface area contributed by atoms with Crippen LogP contribution < -0.4 is 11.4 Å². The third kappa shape index (κ3) is 3.47. The van der Waals surface area contributed by atoms with E-state index in [1.165, 1.54) is 24.4 Å². The minimum atomic E-state index is -4.28. The number of benzene rings is 1. The van der Waals surface area contributed by atoms with Crippen LogP contribution in [0.1, 0.15) is 11.8 Å². The molecule has 2 aromatic rings. The average molecular weight is 397 g/mol. The number of sulfone groups is 1. The van der Waals surface area contributed by atoms with Crippen molar-refractivity contribution in [2.24, 2.45) is 0 Å². The maximum absolute atomic E-state index is 12.6. The molecule has 0 amide bonds. The van der Waals surface area contributed by atoms with Crippen molar-refractivity contribution in [2.45, 2.75) is 41.8 Å². The topological polar surface area (TPSA) is 165 Å². The first-order chi connectivity index (χ1) is 12.6. The summed E-state index contributed by atoms with van der Waals surface area (Å²) in [6.45, 7) is 1.77.